The lowest BCUT2D eigenvalue weighted by Gasteiger charge is -2.32. The van der Waals surface area contributed by atoms with Crippen LogP contribution in [0.25, 0.3) is 5.82 Å². The molecule has 33 heavy (non-hydrogen) atoms. The van der Waals surface area contributed by atoms with Crippen LogP contribution in [0.15, 0.2) is 73.4 Å². The lowest BCUT2D eigenvalue weighted by Crippen LogP contribution is -2.39. The van der Waals surface area contributed by atoms with E-state index in [1.165, 1.54) is 0 Å². The second-order valence-corrected chi connectivity index (χ2v) is 8.15. The van der Waals surface area contributed by atoms with E-state index in [9.17, 15) is 4.79 Å². The van der Waals surface area contributed by atoms with Crippen LogP contribution in [-0.4, -0.2) is 48.6 Å². The number of piperidine rings is 1. The van der Waals surface area contributed by atoms with Gasteiger partial charge in [0.1, 0.15) is 5.75 Å². The first-order valence-electron chi connectivity index (χ1n) is 11.0. The van der Waals surface area contributed by atoms with Crippen LogP contribution in [0.1, 0.15) is 40.4 Å². The summed E-state index contributed by atoms with van der Waals surface area (Å²) in [5.74, 6) is 1.94. The molecule has 8 nitrogen and oxygen atoms in total. The van der Waals surface area contributed by atoms with Crippen molar-refractivity contribution in [1.29, 1.82) is 0 Å². The second-order valence-electron chi connectivity index (χ2n) is 8.15. The first-order chi connectivity index (χ1) is 16.2. The summed E-state index contributed by atoms with van der Waals surface area (Å²) >= 11 is 0. The summed E-state index contributed by atoms with van der Waals surface area (Å²) in [5.41, 5.74) is 2.52. The molecule has 0 radical (unpaired) electrons. The molecule has 1 amide bonds. The van der Waals surface area contributed by atoms with Crippen LogP contribution in [-0.2, 0) is 0 Å². The highest BCUT2D eigenvalue weighted by atomic mass is 16.5. The van der Waals surface area contributed by atoms with Gasteiger partial charge in [0.15, 0.2) is 5.82 Å². The zero-order valence-electron chi connectivity index (χ0n) is 18.3. The molecule has 1 saturated heterocycles. The first-order valence-corrected chi connectivity index (χ1v) is 11.0. The molecule has 0 bridgehead atoms. The monoisotopic (exact) mass is 440 g/mol. The fourth-order valence-electron chi connectivity index (χ4n) is 4.05. The minimum atomic E-state index is -0.0284. The zero-order valence-corrected chi connectivity index (χ0v) is 18.3. The predicted molar refractivity (Wildman–Crippen MR) is 123 cm³/mol. The SMILES string of the molecule is Cc1cccc(Oc2cncc(C3CCCN(C(=O)c4ccc(-n5cccn5)nc4)C3)n2)c1. The third-order valence-corrected chi connectivity index (χ3v) is 5.70. The van der Waals surface area contributed by atoms with Crippen molar-refractivity contribution in [1.82, 2.24) is 29.6 Å². The molecule has 1 aliphatic rings. The second kappa shape index (κ2) is 9.20. The molecule has 5 rings (SSSR count). The van der Waals surface area contributed by atoms with E-state index in [1.807, 2.05) is 48.4 Å². The van der Waals surface area contributed by atoms with Crippen LogP contribution < -0.4 is 4.74 Å². The molecular weight excluding hydrogens is 416 g/mol. The van der Waals surface area contributed by atoms with Crippen LogP contribution in [0, 0.1) is 6.92 Å². The number of carbonyl (C=O) groups excluding carboxylic acids is 1. The first kappa shape index (κ1) is 20.8. The van der Waals surface area contributed by atoms with Gasteiger partial charge in [-0.3, -0.25) is 9.78 Å². The van der Waals surface area contributed by atoms with Gasteiger partial charge in [0.05, 0.1) is 17.5 Å². The molecule has 8 heteroatoms. The Bertz CT molecular complexity index is 1240. The van der Waals surface area contributed by atoms with Crippen molar-refractivity contribution in [2.75, 3.05) is 13.1 Å². The fourth-order valence-corrected chi connectivity index (χ4v) is 4.05. The number of ether oxygens (including phenoxy) is 1. The van der Waals surface area contributed by atoms with Crippen molar-refractivity contribution in [2.24, 2.45) is 0 Å². The van der Waals surface area contributed by atoms with Crippen molar-refractivity contribution in [2.45, 2.75) is 25.7 Å². The largest absolute Gasteiger partial charge is 0.437 e. The molecular formula is C25H24N6O2. The van der Waals surface area contributed by atoms with Gasteiger partial charge < -0.3 is 9.64 Å². The van der Waals surface area contributed by atoms with Crippen LogP contribution in [0.5, 0.6) is 11.6 Å². The third kappa shape index (κ3) is 4.74. The maximum atomic E-state index is 13.1. The van der Waals surface area contributed by atoms with Gasteiger partial charge in [0, 0.05) is 43.8 Å². The Morgan fingerprint density at radius 1 is 1.12 bits per heavy atom. The normalized spacial score (nSPS) is 15.9. The molecule has 1 aromatic carbocycles. The number of likely N-dealkylation sites (tertiary alicyclic amines) is 1. The van der Waals surface area contributed by atoms with Gasteiger partial charge in [-0.25, -0.2) is 14.6 Å². The molecule has 0 spiro atoms. The van der Waals surface area contributed by atoms with Gasteiger partial charge in [-0.05, 0) is 55.7 Å². The quantitative estimate of drug-likeness (QED) is 0.463. The summed E-state index contributed by atoms with van der Waals surface area (Å²) < 4.78 is 7.57. The number of hydrogen-bond donors (Lipinski definition) is 0. The molecule has 4 aromatic rings. The van der Waals surface area contributed by atoms with Crippen molar-refractivity contribution < 1.29 is 9.53 Å². The molecule has 0 saturated carbocycles. The molecule has 0 aliphatic carbocycles. The Kier molecular flexibility index (Phi) is 5.80. The number of nitrogens with zero attached hydrogens (tertiary/aromatic N) is 6. The number of carbonyl (C=O) groups is 1. The van der Waals surface area contributed by atoms with Crippen LogP contribution >= 0.6 is 0 Å². The summed E-state index contributed by atoms with van der Waals surface area (Å²) in [6.45, 7) is 3.31. The highest BCUT2D eigenvalue weighted by Crippen LogP contribution is 2.28. The molecule has 166 valence electrons. The highest BCUT2D eigenvalue weighted by molar-refractivity contribution is 5.94. The number of aromatic nitrogens is 5. The van der Waals surface area contributed by atoms with Crippen molar-refractivity contribution in [3.63, 3.8) is 0 Å². The maximum Gasteiger partial charge on any atom is 0.255 e. The Morgan fingerprint density at radius 2 is 2.06 bits per heavy atom. The number of hydrogen-bond acceptors (Lipinski definition) is 6. The van der Waals surface area contributed by atoms with Gasteiger partial charge in [-0.2, -0.15) is 5.10 Å². The van der Waals surface area contributed by atoms with E-state index < -0.39 is 0 Å². The van der Waals surface area contributed by atoms with E-state index in [1.54, 1.807) is 41.6 Å². The van der Waals surface area contributed by atoms with Crippen molar-refractivity contribution >= 4 is 5.91 Å². The lowest BCUT2D eigenvalue weighted by atomic mass is 9.94. The third-order valence-electron chi connectivity index (χ3n) is 5.70. The van der Waals surface area contributed by atoms with E-state index in [4.69, 9.17) is 4.74 Å². The minimum absolute atomic E-state index is 0.0284. The Labute approximate surface area is 191 Å². The Morgan fingerprint density at radius 3 is 2.85 bits per heavy atom. The van der Waals surface area contributed by atoms with Gasteiger partial charge in [0.25, 0.3) is 5.91 Å². The van der Waals surface area contributed by atoms with Crippen molar-refractivity contribution in [3.8, 4) is 17.4 Å². The number of aryl methyl sites for hydroxylation is 1. The summed E-state index contributed by atoms with van der Waals surface area (Å²) in [6, 6.07) is 13.3. The number of pyridine rings is 1. The molecule has 4 heterocycles. The number of rotatable bonds is 5. The average molecular weight is 441 g/mol. The van der Waals surface area contributed by atoms with E-state index >= 15 is 0 Å². The Hall–Kier alpha value is -4.07. The number of benzene rings is 1. The summed E-state index contributed by atoms with van der Waals surface area (Å²) in [6.07, 6.45) is 10.4. The van der Waals surface area contributed by atoms with Crippen LogP contribution in [0.4, 0.5) is 0 Å². The van der Waals surface area contributed by atoms with Gasteiger partial charge >= 0.3 is 0 Å². The van der Waals surface area contributed by atoms with E-state index in [0.717, 1.165) is 29.8 Å². The zero-order chi connectivity index (χ0) is 22.6. The molecule has 1 aliphatic heterocycles. The van der Waals surface area contributed by atoms with Crippen molar-refractivity contribution in [3.05, 3.63) is 90.3 Å². The topological polar surface area (TPSA) is 86.0 Å². The van der Waals surface area contributed by atoms with Gasteiger partial charge in [0.2, 0.25) is 5.88 Å². The fraction of sp³-hybridized carbons (Fsp3) is 0.240. The highest BCUT2D eigenvalue weighted by Gasteiger charge is 2.27. The maximum absolute atomic E-state index is 13.1. The van der Waals surface area contributed by atoms with Gasteiger partial charge in [-0.15, -0.1) is 0 Å². The Balaban J connectivity index is 1.28. The average Bonchev–Trinajstić information content (AvgIpc) is 3.39. The summed E-state index contributed by atoms with van der Waals surface area (Å²) in [5, 5.41) is 4.17. The van der Waals surface area contributed by atoms with E-state index in [-0.39, 0.29) is 11.8 Å². The smallest absolute Gasteiger partial charge is 0.255 e. The number of amides is 1. The standard InChI is InChI=1S/C25H24N6O2/c1-18-5-2-7-21(13-18)33-24-16-26-15-22(29-24)20-6-3-11-30(17-20)25(32)19-8-9-23(27-14-19)31-12-4-10-28-31/h2,4-5,7-10,12-16,20H,3,6,11,17H2,1H3. The van der Waals surface area contributed by atoms with Gasteiger partial charge in [-0.1, -0.05) is 12.1 Å². The van der Waals surface area contributed by atoms with E-state index in [2.05, 4.69) is 20.1 Å². The van der Waals surface area contributed by atoms with E-state index in [0.29, 0.717) is 30.4 Å². The molecule has 1 unspecified atom stereocenters. The molecule has 1 atom stereocenters. The molecule has 0 N–H and O–H groups in total. The van der Waals surface area contributed by atoms with Crippen LogP contribution in [0.2, 0.25) is 0 Å². The molecule has 3 aromatic heterocycles. The van der Waals surface area contributed by atoms with Crippen LogP contribution in [0.3, 0.4) is 0 Å². The minimum Gasteiger partial charge on any atom is -0.437 e. The summed E-state index contributed by atoms with van der Waals surface area (Å²) in [7, 11) is 0. The molecule has 1 fully saturated rings. The lowest BCUT2D eigenvalue weighted by molar-refractivity contribution is 0.0705. The predicted octanol–water partition coefficient (Wildman–Crippen LogP) is 4.18. The summed E-state index contributed by atoms with van der Waals surface area (Å²) in [4.78, 5) is 28.4.